The third kappa shape index (κ3) is 2.45. The minimum absolute atomic E-state index is 0.250. The standard InChI is InChI=1S/C7H7NOS.CH3NO/c9-10-7-4-2-1-3-6(7)5-8-10;2-1-3/h1-4,8H,5H2;1H,(H2,2,3). The number of fused-ring (bicyclic) bond motifs is 1. The molecule has 0 spiro atoms. The predicted molar refractivity (Wildman–Crippen MR) is 49.9 cm³/mol. The molecule has 1 aromatic carbocycles. The monoisotopic (exact) mass is 198 g/mol. The Hall–Kier alpha value is -1.04. The van der Waals surface area contributed by atoms with Gasteiger partial charge < -0.3 is 10.3 Å². The maximum Gasteiger partial charge on any atom is 0.204 e. The molecule has 0 radical (unpaired) electrons. The first-order valence-electron chi connectivity index (χ1n) is 3.68. The highest BCUT2D eigenvalue weighted by molar-refractivity contribution is 7.89. The van der Waals surface area contributed by atoms with Gasteiger partial charge >= 0.3 is 0 Å². The van der Waals surface area contributed by atoms with Gasteiger partial charge in [0.15, 0.2) is 4.90 Å². The lowest BCUT2D eigenvalue weighted by Gasteiger charge is -1.99. The number of carbonyl (C=O) groups excluding carboxylic acids is 1. The second-order valence-corrected chi connectivity index (χ2v) is 3.60. The average Bonchev–Trinajstić information content (AvgIpc) is 2.50. The lowest BCUT2D eigenvalue weighted by Crippen LogP contribution is -2.13. The summed E-state index contributed by atoms with van der Waals surface area (Å²) in [5.41, 5.74) is 5.32. The summed E-state index contributed by atoms with van der Waals surface area (Å²) in [6.45, 7) is 0.739. The largest absolute Gasteiger partial charge is 0.593 e. The van der Waals surface area contributed by atoms with Gasteiger partial charge in [-0.25, -0.2) is 0 Å². The SMILES string of the molecule is NC=O.[O-][S+]1NCc2ccccc21. The lowest BCUT2D eigenvalue weighted by atomic mass is 10.2. The summed E-state index contributed by atoms with van der Waals surface area (Å²) in [4.78, 5) is 9.52. The number of nitrogens with two attached hydrogens (primary N) is 1. The molecular weight excluding hydrogens is 188 g/mol. The summed E-state index contributed by atoms with van der Waals surface area (Å²) < 4.78 is 13.9. The molecule has 1 unspecified atom stereocenters. The Kier molecular flexibility index (Phi) is 3.75. The number of benzene rings is 1. The molecule has 0 aliphatic carbocycles. The summed E-state index contributed by atoms with van der Waals surface area (Å²) in [5.74, 6) is 0. The molecule has 1 aliphatic heterocycles. The first-order valence-corrected chi connectivity index (χ1v) is 4.83. The van der Waals surface area contributed by atoms with Gasteiger partial charge in [0.2, 0.25) is 6.41 Å². The van der Waals surface area contributed by atoms with E-state index in [0.29, 0.717) is 0 Å². The molecule has 1 heterocycles. The number of hydrogen-bond acceptors (Lipinski definition) is 3. The van der Waals surface area contributed by atoms with Crippen molar-refractivity contribution in [1.82, 2.24) is 4.72 Å². The van der Waals surface area contributed by atoms with E-state index < -0.39 is 11.4 Å². The van der Waals surface area contributed by atoms with E-state index in [1.54, 1.807) is 0 Å². The highest BCUT2D eigenvalue weighted by Crippen LogP contribution is 2.20. The van der Waals surface area contributed by atoms with E-state index in [1.807, 2.05) is 24.3 Å². The van der Waals surface area contributed by atoms with E-state index in [4.69, 9.17) is 4.79 Å². The first kappa shape index (κ1) is 10.0. The topological polar surface area (TPSA) is 78.2 Å². The Morgan fingerprint density at radius 2 is 2.15 bits per heavy atom. The number of carbonyl (C=O) groups is 1. The molecule has 2 rings (SSSR count). The molecule has 13 heavy (non-hydrogen) atoms. The van der Waals surface area contributed by atoms with Crippen LogP contribution in [0.25, 0.3) is 0 Å². The zero-order valence-electron chi connectivity index (χ0n) is 6.90. The van der Waals surface area contributed by atoms with Crippen LogP contribution in [0.3, 0.4) is 0 Å². The molecule has 0 saturated heterocycles. The molecule has 0 bridgehead atoms. The van der Waals surface area contributed by atoms with Crippen molar-refractivity contribution in [2.75, 3.05) is 0 Å². The quantitative estimate of drug-likeness (QED) is 0.452. The van der Waals surface area contributed by atoms with Gasteiger partial charge in [0.1, 0.15) is 0 Å². The van der Waals surface area contributed by atoms with Gasteiger partial charge in [0.05, 0.1) is 17.9 Å². The van der Waals surface area contributed by atoms with Gasteiger partial charge in [-0.05, 0) is 6.07 Å². The molecule has 0 aromatic heterocycles. The predicted octanol–water partition coefficient (Wildman–Crippen LogP) is -0.0861. The van der Waals surface area contributed by atoms with E-state index in [-0.39, 0.29) is 6.41 Å². The van der Waals surface area contributed by atoms with Crippen LogP contribution in [0.15, 0.2) is 29.2 Å². The van der Waals surface area contributed by atoms with E-state index in [0.717, 1.165) is 17.0 Å². The van der Waals surface area contributed by atoms with Crippen molar-refractivity contribution in [2.45, 2.75) is 11.4 Å². The maximum absolute atomic E-state index is 11.1. The Morgan fingerprint density at radius 3 is 2.77 bits per heavy atom. The van der Waals surface area contributed by atoms with Crippen molar-refractivity contribution >= 4 is 17.8 Å². The van der Waals surface area contributed by atoms with Gasteiger partial charge in [0.25, 0.3) is 0 Å². The third-order valence-corrected chi connectivity index (χ3v) is 2.77. The van der Waals surface area contributed by atoms with Gasteiger partial charge in [-0.1, -0.05) is 18.2 Å². The Labute approximate surface area is 79.4 Å². The van der Waals surface area contributed by atoms with E-state index in [1.165, 1.54) is 0 Å². The molecule has 1 aromatic rings. The molecule has 5 heteroatoms. The second kappa shape index (κ2) is 4.86. The van der Waals surface area contributed by atoms with Gasteiger partial charge in [-0.3, -0.25) is 4.79 Å². The Bertz CT molecular complexity index is 293. The Morgan fingerprint density at radius 1 is 1.54 bits per heavy atom. The maximum atomic E-state index is 11.1. The van der Waals surface area contributed by atoms with Crippen molar-refractivity contribution < 1.29 is 9.35 Å². The number of nitrogens with one attached hydrogen (secondary N) is 1. The summed E-state index contributed by atoms with van der Waals surface area (Å²) in [5, 5.41) is 0. The van der Waals surface area contributed by atoms with Crippen molar-refractivity contribution in [3.8, 4) is 0 Å². The summed E-state index contributed by atoms with van der Waals surface area (Å²) in [6, 6.07) is 7.76. The fraction of sp³-hybridized carbons (Fsp3) is 0.125. The first-order chi connectivity index (χ1) is 6.29. The van der Waals surface area contributed by atoms with Gasteiger partial charge in [0, 0.05) is 5.56 Å². The molecule has 3 N–H and O–H groups in total. The number of hydrogen-bond donors (Lipinski definition) is 2. The molecule has 4 nitrogen and oxygen atoms in total. The van der Waals surface area contributed by atoms with E-state index >= 15 is 0 Å². The van der Waals surface area contributed by atoms with Crippen LogP contribution in [0.4, 0.5) is 0 Å². The normalized spacial score (nSPS) is 18.4. The lowest BCUT2D eigenvalue weighted by molar-refractivity contribution is -0.106. The van der Waals surface area contributed by atoms with E-state index in [2.05, 4.69) is 10.5 Å². The fourth-order valence-electron chi connectivity index (χ4n) is 1.05. The molecule has 70 valence electrons. The molecule has 0 saturated carbocycles. The van der Waals surface area contributed by atoms with Crippen molar-refractivity contribution in [1.29, 1.82) is 0 Å². The van der Waals surface area contributed by atoms with Crippen LogP contribution < -0.4 is 10.5 Å². The summed E-state index contributed by atoms with van der Waals surface area (Å²) in [7, 11) is 0. The third-order valence-electron chi connectivity index (χ3n) is 1.57. The van der Waals surface area contributed by atoms with Crippen LogP contribution in [0.2, 0.25) is 0 Å². The number of rotatable bonds is 0. The van der Waals surface area contributed by atoms with Gasteiger partial charge in [-0.2, -0.15) is 0 Å². The molecule has 1 amide bonds. The van der Waals surface area contributed by atoms with Crippen LogP contribution in [0, 0.1) is 0 Å². The van der Waals surface area contributed by atoms with E-state index in [9.17, 15) is 4.55 Å². The molecular formula is C8H10N2O2S. The second-order valence-electron chi connectivity index (χ2n) is 2.33. The van der Waals surface area contributed by atoms with Crippen LogP contribution in [0.1, 0.15) is 5.56 Å². The van der Waals surface area contributed by atoms with Crippen LogP contribution in [0.5, 0.6) is 0 Å². The minimum Gasteiger partial charge on any atom is -0.593 e. The minimum atomic E-state index is -0.948. The molecule has 1 aliphatic rings. The van der Waals surface area contributed by atoms with Crippen LogP contribution >= 0.6 is 0 Å². The highest BCUT2D eigenvalue weighted by Gasteiger charge is 2.22. The summed E-state index contributed by atoms with van der Waals surface area (Å²) in [6.07, 6.45) is 0.250. The zero-order chi connectivity index (χ0) is 9.68. The highest BCUT2D eigenvalue weighted by atomic mass is 32.2. The smallest absolute Gasteiger partial charge is 0.204 e. The van der Waals surface area contributed by atoms with Crippen molar-refractivity contribution in [3.63, 3.8) is 0 Å². The average molecular weight is 198 g/mol. The summed E-state index contributed by atoms with van der Waals surface area (Å²) >= 11 is -0.948. The van der Waals surface area contributed by atoms with Crippen molar-refractivity contribution in [2.24, 2.45) is 5.73 Å². The molecule has 0 fully saturated rings. The number of primary amides is 1. The number of amides is 1. The van der Waals surface area contributed by atoms with Crippen LogP contribution in [-0.2, 0) is 22.7 Å². The van der Waals surface area contributed by atoms with Gasteiger partial charge in [-0.15, -0.1) is 4.72 Å². The fourth-order valence-corrected chi connectivity index (χ4v) is 2.07. The Balaban J connectivity index is 0.000000251. The van der Waals surface area contributed by atoms with Crippen LogP contribution in [-0.4, -0.2) is 11.0 Å². The van der Waals surface area contributed by atoms with Crippen molar-refractivity contribution in [3.05, 3.63) is 29.8 Å². The zero-order valence-corrected chi connectivity index (χ0v) is 7.71. The molecule has 1 atom stereocenters.